The predicted octanol–water partition coefficient (Wildman–Crippen LogP) is 2.36. The molecule has 4 heteroatoms. The van der Waals surface area contributed by atoms with E-state index in [4.69, 9.17) is 11.5 Å². The molecule has 1 aromatic carbocycles. The van der Waals surface area contributed by atoms with Crippen LogP contribution in [0, 0.1) is 5.41 Å². The van der Waals surface area contributed by atoms with Crippen molar-refractivity contribution in [1.29, 1.82) is 0 Å². The number of nitrogens with one attached hydrogen (secondary N) is 1. The van der Waals surface area contributed by atoms with Crippen molar-refractivity contribution in [3.8, 4) is 0 Å². The van der Waals surface area contributed by atoms with Gasteiger partial charge in [-0.05, 0) is 42.9 Å². The molecule has 1 fully saturated rings. The Hall–Kier alpha value is -1.71. The van der Waals surface area contributed by atoms with E-state index >= 15 is 0 Å². The van der Waals surface area contributed by atoms with Crippen molar-refractivity contribution in [1.82, 2.24) is 0 Å². The molecule has 1 amide bonds. The van der Waals surface area contributed by atoms with Gasteiger partial charge >= 0.3 is 0 Å². The van der Waals surface area contributed by atoms with Crippen LogP contribution in [0.5, 0.6) is 0 Å². The van der Waals surface area contributed by atoms with Gasteiger partial charge in [-0.25, -0.2) is 0 Å². The highest BCUT2D eigenvalue weighted by molar-refractivity contribution is 5.99. The lowest BCUT2D eigenvalue weighted by molar-refractivity contribution is 0.100. The second kappa shape index (κ2) is 4.88. The number of rotatable bonds is 5. The maximum atomic E-state index is 11.4. The smallest absolute Gasteiger partial charge is 0.250 e. The van der Waals surface area contributed by atoms with Crippen LogP contribution in [0.4, 0.5) is 11.4 Å². The van der Waals surface area contributed by atoms with Crippen LogP contribution >= 0.6 is 0 Å². The summed E-state index contributed by atoms with van der Waals surface area (Å²) < 4.78 is 0. The molecular formula is C14H21N3O. The summed E-state index contributed by atoms with van der Waals surface area (Å²) in [4.78, 5) is 11.4. The molecule has 0 aromatic heterocycles. The standard InChI is InChI=1S/C14H21N3O/c1-2-14(6-3-7-14)9-17-12-8-10(15)4-5-11(12)13(16)18/h4-5,8,17H,2-3,6-7,9,15H2,1H3,(H2,16,18). The van der Waals surface area contributed by atoms with Crippen LogP contribution in [0.3, 0.4) is 0 Å². The average Bonchev–Trinajstić information content (AvgIpc) is 2.28. The van der Waals surface area contributed by atoms with E-state index in [0.717, 1.165) is 18.7 Å². The number of amides is 1. The average molecular weight is 247 g/mol. The van der Waals surface area contributed by atoms with E-state index in [2.05, 4.69) is 12.2 Å². The molecule has 18 heavy (non-hydrogen) atoms. The predicted molar refractivity (Wildman–Crippen MR) is 74.4 cm³/mol. The third-order valence-corrected chi connectivity index (χ3v) is 4.13. The fraction of sp³-hybridized carbons (Fsp3) is 0.500. The molecule has 98 valence electrons. The van der Waals surface area contributed by atoms with Gasteiger partial charge in [0.1, 0.15) is 0 Å². The topological polar surface area (TPSA) is 81.1 Å². The van der Waals surface area contributed by atoms with Gasteiger partial charge in [0.25, 0.3) is 5.91 Å². The van der Waals surface area contributed by atoms with E-state index in [-0.39, 0.29) is 0 Å². The summed E-state index contributed by atoms with van der Waals surface area (Å²) in [5.74, 6) is -0.420. The highest BCUT2D eigenvalue weighted by atomic mass is 16.1. The quantitative estimate of drug-likeness (QED) is 0.699. The molecule has 0 unspecified atom stereocenters. The molecule has 1 aliphatic carbocycles. The van der Waals surface area contributed by atoms with Gasteiger partial charge in [0, 0.05) is 17.9 Å². The normalized spacial score (nSPS) is 16.9. The third kappa shape index (κ3) is 2.42. The Kier molecular flexibility index (Phi) is 3.45. The molecule has 0 spiro atoms. The Labute approximate surface area is 108 Å². The first-order chi connectivity index (χ1) is 8.56. The molecular weight excluding hydrogens is 226 g/mol. The van der Waals surface area contributed by atoms with Crippen LogP contribution in [0.2, 0.25) is 0 Å². The number of carbonyl (C=O) groups excluding carboxylic acids is 1. The Balaban J connectivity index is 2.12. The first-order valence-electron chi connectivity index (χ1n) is 6.49. The van der Waals surface area contributed by atoms with Gasteiger partial charge < -0.3 is 16.8 Å². The lowest BCUT2D eigenvalue weighted by Gasteiger charge is -2.41. The Morgan fingerprint density at radius 3 is 2.67 bits per heavy atom. The van der Waals surface area contributed by atoms with Gasteiger partial charge in [-0.15, -0.1) is 0 Å². The number of hydrogen-bond acceptors (Lipinski definition) is 3. The minimum Gasteiger partial charge on any atom is -0.399 e. The summed E-state index contributed by atoms with van der Waals surface area (Å²) in [6, 6.07) is 5.16. The minimum absolute atomic E-state index is 0.388. The van der Waals surface area contributed by atoms with Crippen molar-refractivity contribution in [2.75, 3.05) is 17.6 Å². The third-order valence-electron chi connectivity index (χ3n) is 4.13. The lowest BCUT2D eigenvalue weighted by atomic mass is 9.67. The molecule has 0 bridgehead atoms. The van der Waals surface area contributed by atoms with E-state index in [0.29, 0.717) is 16.7 Å². The molecule has 0 saturated heterocycles. The van der Waals surface area contributed by atoms with E-state index in [1.807, 2.05) is 0 Å². The highest BCUT2D eigenvalue weighted by Gasteiger charge is 2.34. The van der Waals surface area contributed by atoms with Crippen molar-refractivity contribution >= 4 is 17.3 Å². The fourth-order valence-corrected chi connectivity index (χ4v) is 2.54. The molecule has 2 rings (SSSR count). The van der Waals surface area contributed by atoms with E-state index < -0.39 is 5.91 Å². The second-order valence-electron chi connectivity index (χ2n) is 5.23. The van der Waals surface area contributed by atoms with E-state index in [9.17, 15) is 4.79 Å². The zero-order valence-electron chi connectivity index (χ0n) is 10.8. The van der Waals surface area contributed by atoms with Crippen LogP contribution in [0.1, 0.15) is 43.0 Å². The molecule has 1 aliphatic rings. The van der Waals surface area contributed by atoms with Crippen LogP contribution < -0.4 is 16.8 Å². The van der Waals surface area contributed by atoms with Gasteiger partial charge in [-0.2, -0.15) is 0 Å². The van der Waals surface area contributed by atoms with Crippen molar-refractivity contribution in [2.45, 2.75) is 32.6 Å². The van der Waals surface area contributed by atoms with Crippen LogP contribution in [0.15, 0.2) is 18.2 Å². The molecule has 4 nitrogen and oxygen atoms in total. The zero-order chi connectivity index (χ0) is 13.2. The molecule has 1 saturated carbocycles. The fourth-order valence-electron chi connectivity index (χ4n) is 2.54. The number of hydrogen-bond donors (Lipinski definition) is 3. The Bertz CT molecular complexity index is 447. The lowest BCUT2D eigenvalue weighted by Crippen LogP contribution is -2.36. The van der Waals surface area contributed by atoms with Crippen LogP contribution in [-0.2, 0) is 0 Å². The first kappa shape index (κ1) is 12.7. The van der Waals surface area contributed by atoms with Crippen LogP contribution in [0.25, 0.3) is 0 Å². The molecule has 5 N–H and O–H groups in total. The zero-order valence-corrected chi connectivity index (χ0v) is 10.8. The molecule has 0 heterocycles. The van der Waals surface area contributed by atoms with Gasteiger partial charge in [-0.1, -0.05) is 13.3 Å². The van der Waals surface area contributed by atoms with Gasteiger partial charge in [-0.3, -0.25) is 4.79 Å². The summed E-state index contributed by atoms with van der Waals surface area (Å²) in [6.07, 6.45) is 4.97. The summed E-state index contributed by atoms with van der Waals surface area (Å²) in [6.45, 7) is 3.10. The van der Waals surface area contributed by atoms with E-state index in [1.165, 1.54) is 19.3 Å². The number of nitrogen functional groups attached to an aromatic ring is 1. The highest BCUT2D eigenvalue weighted by Crippen LogP contribution is 2.43. The maximum Gasteiger partial charge on any atom is 0.250 e. The molecule has 0 radical (unpaired) electrons. The van der Waals surface area contributed by atoms with Gasteiger partial charge in [0.15, 0.2) is 0 Å². The van der Waals surface area contributed by atoms with Gasteiger partial charge in [0.05, 0.1) is 5.56 Å². The molecule has 0 atom stereocenters. The number of carbonyl (C=O) groups is 1. The van der Waals surface area contributed by atoms with Crippen molar-refractivity contribution in [3.05, 3.63) is 23.8 Å². The SMILES string of the molecule is CCC1(CNc2cc(N)ccc2C(N)=O)CCC1. The molecule has 0 aliphatic heterocycles. The first-order valence-corrected chi connectivity index (χ1v) is 6.49. The second-order valence-corrected chi connectivity index (χ2v) is 5.23. The molecule has 1 aromatic rings. The monoisotopic (exact) mass is 247 g/mol. The number of primary amides is 1. The number of benzene rings is 1. The van der Waals surface area contributed by atoms with Crippen LogP contribution in [-0.4, -0.2) is 12.5 Å². The summed E-state index contributed by atoms with van der Waals surface area (Å²) in [7, 11) is 0. The Morgan fingerprint density at radius 1 is 1.44 bits per heavy atom. The summed E-state index contributed by atoms with van der Waals surface area (Å²) >= 11 is 0. The maximum absolute atomic E-state index is 11.4. The van der Waals surface area contributed by atoms with Crippen molar-refractivity contribution in [2.24, 2.45) is 11.1 Å². The minimum atomic E-state index is -0.420. The summed E-state index contributed by atoms with van der Waals surface area (Å²) in [5, 5.41) is 3.35. The van der Waals surface area contributed by atoms with Gasteiger partial charge in [0.2, 0.25) is 0 Å². The number of nitrogens with two attached hydrogens (primary N) is 2. The number of anilines is 2. The summed E-state index contributed by atoms with van der Waals surface area (Å²) in [5.41, 5.74) is 13.4. The van der Waals surface area contributed by atoms with Crippen molar-refractivity contribution in [3.63, 3.8) is 0 Å². The Morgan fingerprint density at radius 2 is 2.17 bits per heavy atom. The van der Waals surface area contributed by atoms with E-state index in [1.54, 1.807) is 18.2 Å². The van der Waals surface area contributed by atoms with Crippen molar-refractivity contribution < 1.29 is 4.79 Å². The largest absolute Gasteiger partial charge is 0.399 e.